The van der Waals surface area contributed by atoms with Crippen LogP contribution in [-0.4, -0.2) is 41.2 Å². The molecule has 1 N–H and O–H groups in total. The number of rotatable bonds is 4. The van der Waals surface area contributed by atoms with Gasteiger partial charge in [-0.25, -0.2) is 8.42 Å². The Morgan fingerprint density at radius 2 is 2.09 bits per heavy atom. The Balaban J connectivity index is 1.67. The molecule has 1 amide bonds. The van der Waals surface area contributed by atoms with Crippen molar-refractivity contribution in [3.05, 3.63) is 53.9 Å². The molecule has 1 aromatic carbocycles. The fourth-order valence-electron chi connectivity index (χ4n) is 2.79. The molecular formula is C16H19N3O3S. The average molecular weight is 333 g/mol. The molecule has 0 spiro atoms. The minimum atomic E-state index is -3.05. The number of benzene rings is 1. The summed E-state index contributed by atoms with van der Waals surface area (Å²) in [5.41, 5.74) is 0.833. The third-order valence-electron chi connectivity index (χ3n) is 4.00. The van der Waals surface area contributed by atoms with E-state index in [1.165, 1.54) is 6.20 Å². The minimum absolute atomic E-state index is 0.0100. The Morgan fingerprint density at radius 3 is 2.74 bits per heavy atom. The second-order valence-corrected chi connectivity index (χ2v) is 8.45. The highest BCUT2D eigenvalue weighted by Crippen LogP contribution is 2.23. The Hall–Kier alpha value is -2.15. The largest absolute Gasteiger partial charge is 0.346 e. The first-order chi connectivity index (χ1) is 10.9. The van der Waals surface area contributed by atoms with Crippen LogP contribution in [0.25, 0.3) is 0 Å². The quantitative estimate of drug-likeness (QED) is 0.913. The van der Waals surface area contributed by atoms with Gasteiger partial charge < -0.3 is 5.32 Å². The average Bonchev–Trinajstić information content (AvgIpc) is 3.04. The van der Waals surface area contributed by atoms with Crippen LogP contribution in [0.2, 0.25) is 0 Å². The molecule has 0 bridgehead atoms. The minimum Gasteiger partial charge on any atom is -0.346 e. The maximum atomic E-state index is 12.3. The zero-order valence-electron chi connectivity index (χ0n) is 12.9. The van der Waals surface area contributed by atoms with Gasteiger partial charge in [0.2, 0.25) is 0 Å². The number of carbonyl (C=O) groups excluding carboxylic acids is 1. The first-order valence-corrected chi connectivity index (χ1v) is 9.27. The molecule has 7 heteroatoms. The van der Waals surface area contributed by atoms with Crippen LogP contribution in [0.4, 0.5) is 0 Å². The molecule has 122 valence electrons. The fraction of sp³-hybridized carbons (Fsp3) is 0.375. The Morgan fingerprint density at radius 1 is 1.35 bits per heavy atom. The van der Waals surface area contributed by atoms with E-state index in [0.717, 1.165) is 5.56 Å². The van der Waals surface area contributed by atoms with E-state index in [1.54, 1.807) is 17.8 Å². The molecule has 1 saturated heterocycles. The molecule has 3 rings (SSSR count). The molecule has 1 aliphatic rings. The summed E-state index contributed by atoms with van der Waals surface area (Å²) in [5.74, 6) is -0.176. The molecule has 2 heterocycles. The SMILES string of the molecule is C[C@]1(NC(=O)c2cnn(Cc3ccccc3)c2)CCS(=O)(=O)C1. The van der Waals surface area contributed by atoms with Crippen molar-refractivity contribution in [2.24, 2.45) is 0 Å². The highest BCUT2D eigenvalue weighted by molar-refractivity contribution is 7.91. The molecule has 6 nitrogen and oxygen atoms in total. The van der Waals surface area contributed by atoms with E-state index in [2.05, 4.69) is 10.4 Å². The van der Waals surface area contributed by atoms with E-state index in [4.69, 9.17) is 0 Å². The van der Waals surface area contributed by atoms with Crippen LogP contribution in [0.15, 0.2) is 42.7 Å². The summed E-state index contributed by atoms with van der Waals surface area (Å²) in [6, 6.07) is 9.83. The van der Waals surface area contributed by atoms with Crippen molar-refractivity contribution in [1.82, 2.24) is 15.1 Å². The maximum absolute atomic E-state index is 12.3. The van der Waals surface area contributed by atoms with Crippen LogP contribution < -0.4 is 5.32 Å². The number of sulfone groups is 1. The summed E-state index contributed by atoms with van der Waals surface area (Å²) in [5, 5.41) is 7.03. The lowest BCUT2D eigenvalue weighted by Gasteiger charge is -2.23. The number of hydrogen-bond donors (Lipinski definition) is 1. The van der Waals surface area contributed by atoms with Gasteiger partial charge in [-0.15, -0.1) is 0 Å². The summed E-state index contributed by atoms with van der Waals surface area (Å²) >= 11 is 0. The number of nitrogens with one attached hydrogen (secondary N) is 1. The van der Waals surface area contributed by atoms with Gasteiger partial charge in [0.25, 0.3) is 5.91 Å². The number of nitrogens with zero attached hydrogens (tertiary/aromatic N) is 2. The van der Waals surface area contributed by atoms with Crippen LogP contribution in [0.3, 0.4) is 0 Å². The Kier molecular flexibility index (Phi) is 3.97. The summed E-state index contributed by atoms with van der Waals surface area (Å²) in [7, 11) is -3.05. The van der Waals surface area contributed by atoms with Crippen molar-refractivity contribution in [1.29, 1.82) is 0 Å². The zero-order chi connectivity index (χ0) is 16.5. The number of hydrogen-bond acceptors (Lipinski definition) is 4. The highest BCUT2D eigenvalue weighted by atomic mass is 32.2. The van der Waals surface area contributed by atoms with Gasteiger partial charge in [0.1, 0.15) is 0 Å². The molecule has 0 saturated carbocycles. The van der Waals surface area contributed by atoms with E-state index >= 15 is 0 Å². The topological polar surface area (TPSA) is 81.1 Å². The smallest absolute Gasteiger partial charge is 0.254 e. The van der Waals surface area contributed by atoms with Crippen LogP contribution in [0.1, 0.15) is 29.3 Å². The molecular weight excluding hydrogens is 314 g/mol. The van der Waals surface area contributed by atoms with Gasteiger partial charge in [-0.3, -0.25) is 9.48 Å². The van der Waals surface area contributed by atoms with E-state index in [1.807, 2.05) is 30.3 Å². The van der Waals surface area contributed by atoms with Gasteiger partial charge in [-0.05, 0) is 18.9 Å². The van der Waals surface area contributed by atoms with E-state index < -0.39 is 15.4 Å². The normalized spacial score (nSPS) is 22.8. The first kappa shape index (κ1) is 15.7. The molecule has 23 heavy (non-hydrogen) atoms. The molecule has 1 atom stereocenters. The molecule has 1 aliphatic heterocycles. The molecule has 0 aliphatic carbocycles. The van der Waals surface area contributed by atoms with Gasteiger partial charge in [0.15, 0.2) is 9.84 Å². The molecule has 0 radical (unpaired) electrons. The molecule has 1 aromatic heterocycles. The monoisotopic (exact) mass is 333 g/mol. The van der Waals surface area contributed by atoms with Crippen LogP contribution in [-0.2, 0) is 16.4 Å². The lowest BCUT2D eigenvalue weighted by atomic mass is 10.0. The van der Waals surface area contributed by atoms with Crippen molar-refractivity contribution in [3.8, 4) is 0 Å². The second-order valence-electron chi connectivity index (χ2n) is 6.27. The number of aromatic nitrogens is 2. The van der Waals surface area contributed by atoms with E-state index in [-0.39, 0.29) is 17.4 Å². The zero-order valence-corrected chi connectivity index (χ0v) is 13.7. The predicted molar refractivity (Wildman–Crippen MR) is 86.9 cm³/mol. The van der Waals surface area contributed by atoms with Crippen LogP contribution >= 0.6 is 0 Å². The molecule has 0 unspecified atom stereocenters. The second kappa shape index (κ2) is 5.81. The van der Waals surface area contributed by atoms with Gasteiger partial charge in [0.05, 0.1) is 35.3 Å². The number of amides is 1. The van der Waals surface area contributed by atoms with Crippen molar-refractivity contribution in [2.75, 3.05) is 11.5 Å². The van der Waals surface area contributed by atoms with Crippen molar-refractivity contribution < 1.29 is 13.2 Å². The highest BCUT2D eigenvalue weighted by Gasteiger charge is 2.39. The molecule has 2 aromatic rings. The van der Waals surface area contributed by atoms with Gasteiger partial charge >= 0.3 is 0 Å². The lowest BCUT2D eigenvalue weighted by Crippen LogP contribution is -2.46. The summed E-state index contributed by atoms with van der Waals surface area (Å²) in [6.45, 7) is 2.35. The summed E-state index contributed by atoms with van der Waals surface area (Å²) in [6.07, 6.45) is 3.62. The Labute approximate surface area is 135 Å². The third-order valence-corrected chi connectivity index (χ3v) is 5.90. The van der Waals surface area contributed by atoms with Gasteiger partial charge in [-0.2, -0.15) is 5.10 Å². The van der Waals surface area contributed by atoms with Crippen molar-refractivity contribution >= 4 is 15.7 Å². The fourth-order valence-corrected chi connectivity index (χ4v) is 4.89. The number of carbonyl (C=O) groups is 1. The van der Waals surface area contributed by atoms with Crippen LogP contribution in [0.5, 0.6) is 0 Å². The standard InChI is InChI=1S/C16H19N3O3S/c1-16(7-8-23(21,22)12-16)18-15(20)14-9-17-19(11-14)10-13-5-3-2-4-6-13/h2-6,9,11H,7-8,10,12H2,1H3,(H,18,20)/t16-/m0/s1. The third kappa shape index (κ3) is 3.79. The summed E-state index contributed by atoms with van der Waals surface area (Å²) < 4.78 is 24.9. The van der Waals surface area contributed by atoms with Crippen molar-refractivity contribution in [3.63, 3.8) is 0 Å². The van der Waals surface area contributed by atoms with E-state index in [0.29, 0.717) is 18.5 Å². The predicted octanol–water partition coefficient (Wildman–Crippen LogP) is 1.24. The Bertz CT molecular complexity index is 814. The maximum Gasteiger partial charge on any atom is 0.254 e. The van der Waals surface area contributed by atoms with Crippen molar-refractivity contribution in [2.45, 2.75) is 25.4 Å². The van der Waals surface area contributed by atoms with Crippen LogP contribution in [0, 0.1) is 0 Å². The summed E-state index contributed by atoms with van der Waals surface area (Å²) in [4.78, 5) is 12.3. The van der Waals surface area contributed by atoms with Gasteiger partial charge in [-0.1, -0.05) is 30.3 Å². The van der Waals surface area contributed by atoms with Gasteiger partial charge in [0, 0.05) is 6.20 Å². The lowest BCUT2D eigenvalue weighted by molar-refractivity contribution is 0.0915. The molecule has 1 fully saturated rings. The first-order valence-electron chi connectivity index (χ1n) is 7.45. The van der Waals surface area contributed by atoms with E-state index in [9.17, 15) is 13.2 Å².